The van der Waals surface area contributed by atoms with E-state index in [0.717, 1.165) is 37.7 Å². The first-order valence-electron chi connectivity index (χ1n) is 14.2. The maximum absolute atomic E-state index is 14.0. The summed E-state index contributed by atoms with van der Waals surface area (Å²) < 4.78 is 5.46. The van der Waals surface area contributed by atoms with Crippen LogP contribution in [0.1, 0.15) is 58.3 Å². The van der Waals surface area contributed by atoms with E-state index in [1.807, 2.05) is 37.3 Å². The van der Waals surface area contributed by atoms with Gasteiger partial charge in [0.2, 0.25) is 11.8 Å². The Morgan fingerprint density at radius 3 is 2.58 bits per heavy atom. The third kappa shape index (κ3) is 6.18. The van der Waals surface area contributed by atoms with Crippen LogP contribution < -0.4 is 10.6 Å². The molecule has 0 radical (unpaired) electrons. The maximum atomic E-state index is 14.0. The van der Waals surface area contributed by atoms with Gasteiger partial charge in [-0.25, -0.2) is 9.97 Å². The van der Waals surface area contributed by atoms with Crippen LogP contribution in [0.15, 0.2) is 47.2 Å². The molecule has 0 bridgehead atoms. The fraction of sp³-hybridized carbons (Fsp3) is 0.500. The van der Waals surface area contributed by atoms with Gasteiger partial charge in [-0.15, -0.1) is 0 Å². The van der Waals surface area contributed by atoms with Crippen molar-refractivity contribution in [2.75, 3.05) is 18.9 Å². The third-order valence-electron chi connectivity index (χ3n) is 8.24. The van der Waals surface area contributed by atoms with Crippen LogP contribution in [0, 0.1) is 11.8 Å². The number of likely N-dealkylation sites (N-methyl/N-ethyl adjacent to an activating group) is 1. The van der Waals surface area contributed by atoms with Crippen LogP contribution in [0.5, 0.6) is 0 Å². The summed E-state index contributed by atoms with van der Waals surface area (Å²) in [5.74, 6) is -0.0822. The molecular weight excluding hydrogens is 526 g/mol. The lowest BCUT2D eigenvalue weighted by Gasteiger charge is -2.34. The number of likely N-dealkylation sites (tertiary alicyclic amines) is 1. The first kappa shape index (κ1) is 28.2. The predicted molar refractivity (Wildman–Crippen MR) is 155 cm³/mol. The highest BCUT2D eigenvalue weighted by atomic mass is 32.1. The van der Waals surface area contributed by atoms with E-state index in [1.54, 1.807) is 18.1 Å². The van der Waals surface area contributed by atoms with E-state index in [2.05, 4.69) is 15.6 Å². The topological polar surface area (TPSA) is 117 Å². The van der Waals surface area contributed by atoms with Crippen molar-refractivity contribution in [3.63, 3.8) is 0 Å². The lowest BCUT2D eigenvalue weighted by molar-refractivity contribution is -0.144. The van der Waals surface area contributed by atoms with Crippen molar-refractivity contribution in [1.82, 2.24) is 20.2 Å². The van der Waals surface area contributed by atoms with Crippen molar-refractivity contribution in [3.05, 3.63) is 42.8 Å². The minimum Gasteiger partial charge on any atom is -0.443 e. The molecule has 1 aliphatic heterocycles. The van der Waals surface area contributed by atoms with Gasteiger partial charge in [0.05, 0.1) is 12.2 Å². The number of Topliss-reactive ketones (excluding diaryl/α,β-unsaturated/α-hetero) is 1. The van der Waals surface area contributed by atoms with Gasteiger partial charge in [0.25, 0.3) is 5.89 Å². The molecule has 9 nitrogen and oxygen atoms in total. The number of ketones is 1. The summed E-state index contributed by atoms with van der Waals surface area (Å²) in [7, 11) is 1.76. The Balaban J connectivity index is 1.38. The van der Waals surface area contributed by atoms with E-state index in [-0.39, 0.29) is 36.0 Å². The molecule has 5 rings (SSSR count). The first-order chi connectivity index (χ1) is 19.5. The summed E-state index contributed by atoms with van der Waals surface area (Å²) in [6.07, 6.45) is 9.82. The molecule has 2 aromatic heterocycles. The van der Waals surface area contributed by atoms with Gasteiger partial charge in [-0.05, 0) is 45.6 Å². The van der Waals surface area contributed by atoms with Gasteiger partial charge < -0.3 is 20.0 Å². The van der Waals surface area contributed by atoms with E-state index >= 15 is 0 Å². The summed E-state index contributed by atoms with van der Waals surface area (Å²) in [6.45, 7) is 2.36. The maximum Gasteiger partial charge on any atom is 0.255 e. The number of thiazole rings is 1. The minimum atomic E-state index is -0.591. The second-order valence-corrected chi connectivity index (χ2v) is 11.8. The van der Waals surface area contributed by atoms with Crippen LogP contribution in [-0.2, 0) is 14.4 Å². The number of oxazole rings is 1. The van der Waals surface area contributed by atoms with Gasteiger partial charge in [-0.1, -0.05) is 60.9 Å². The standard InChI is InChI=1S/C30H37N5O4S/c1-19(31-2)24(36)18-22(20-10-5-3-6-11-20)30(38)35-16-9-14-23(35)26(37)34-28-25(21-12-7-4-8-13-21)33-29(40-28)27-32-15-17-39-27/h4,7-8,12-13,15,17,19-20,22-23,31H,3,5-6,9-11,14,16,18H2,1-2H3,(H,34,37)/t19-,22-,23-/m0/s1. The van der Waals surface area contributed by atoms with Crippen molar-refractivity contribution in [2.45, 2.75) is 70.4 Å². The molecule has 1 saturated heterocycles. The second kappa shape index (κ2) is 12.9. The SMILES string of the molecule is CN[C@@H](C)C(=O)C[C@H](C(=O)N1CCC[C@H]1C(=O)Nc1sc(-c2ncco2)nc1-c1ccccc1)C1CCCCC1. The summed E-state index contributed by atoms with van der Waals surface area (Å²) >= 11 is 1.30. The van der Waals surface area contributed by atoms with Gasteiger partial charge >= 0.3 is 0 Å². The molecule has 2 amide bonds. The molecule has 1 saturated carbocycles. The zero-order chi connectivity index (χ0) is 28.1. The number of nitrogens with zero attached hydrogens (tertiary/aromatic N) is 3. The van der Waals surface area contributed by atoms with Crippen molar-refractivity contribution >= 4 is 33.9 Å². The predicted octanol–water partition coefficient (Wildman–Crippen LogP) is 5.16. The fourth-order valence-corrected chi connectivity index (χ4v) is 6.81. The van der Waals surface area contributed by atoms with E-state index in [1.165, 1.54) is 24.0 Å². The number of amides is 2. The first-order valence-corrected chi connectivity index (χ1v) is 15.0. The van der Waals surface area contributed by atoms with Crippen molar-refractivity contribution < 1.29 is 18.8 Å². The lowest BCUT2D eigenvalue weighted by Crippen LogP contribution is -2.48. The number of carbonyl (C=O) groups is 3. The molecule has 3 atom stereocenters. The Bertz CT molecular complexity index is 1300. The van der Waals surface area contributed by atoms with Gasteiger partial charge in [0, 0.05) is 24.4 Å². The van der Waals surface area contributed by atoms with Gasteiger partial charge in [0.15, 0.2) is 5.01 Å². The fourth-order valence-electron chi connectivity index (χ4n) is 5.87. The number of carbonyl (C=O) groups excluding carboxylic acids is 3. The highest BCUT2D eigenvalue weighted by Gasteiger charge is 2.41. The summed E-state index contributed by atoms with van der Waals surface area (Å²) in [5, 5.41) is 7.25. The molecule has 0 unspecified atom stereocenters. The molecule has 1 aromatic carbocycles. The Morgan fingerprint density at radius 2 is 1.88 bits per heavy atom. The van der Waals surface area contributed by atoms with Gasteiger partial charge in [-0.2, -0.15) is 0 Å². The van der Waals surface area contributed by atoms with E-state index in [9.17, 15) is 14.4 Å². The molecule has 1 aliphatic carbocycles. The highest BCUT2D eigenvalue weighted by molar-refractivity contribution is 7.19. The van der Waals surface area contributed by atoms with Crippen LogP contribution in [0.4, 0.5) is 5.00 Å². The Labute approximate surface area is 238 Å². The summed E-state index contributed by atoms with van der Waals surface area (Å²) in [4.78, 5) is 51.4. The van der Waals surface area contributed by atoms with E-state index in [4.69, 9.17) is 9.40 Å². The number of rotatable bonds is 10. The number of anilines is 1. The van der Waals surface area contributed by atoms with Gasteiger partial charge in [0.1, 0.15) is 28.8 Å². The molecule has 0 spiro atoms. The molecule has 2 aliphatic rings. The molecule has 10 heteroatoms. The van der Waals surface area contributed by atoms with Crippen LogP contribution in [0.25, 0.3) is 22.2 Å². The molecular formula is C30H37N5O4S. The van der Waals surface area contributed by atoms with Crippen LogP contribution in [-0.4, -0.2) is 58.1 Å². The van der Waals surface area contributed by atoms with Crippen molar-refractivity contribution in [2.24, 2.45) is 11.8 Å². The number of nitrogens with one attached hydrogen (secondary N) is 2. The van der Waals surface area contributed by atoms with Crippen LogP contribution in [0.2, 0.25) is 0 Å². The quantitative estimate of drug-likeness (QED) is 0.350. The normalized spacial score (nSPS) is 19.4. The lowest BCUT2D eigenvalue weighted by atomic mass is 9.76. The molecule has 2 N–H and O–H groups in total. The Hall–Kier alpha value is -3.37. The van der Waals surface area contributed by atoms with E-state index < -0.39 is 12.0 Å². The smallest absolute Gasteiger partial charge is 0.255 e. The molecule has 212 valence electrons. The zero-order valence-corrected chi connectivity index (χ0v) is 23.9. The second-order valence-electron chi connectivity index (χ2n) is 10.8. The number of aromatic nitrogens is 2. The minimum absolute atomic E-state index is 0.0443. The van der Waals surface area contributed by atoms with Crippen molar-refractivity contribution in [1.29, 1.82) is 0 Å². The zero-order valence-electron chi connectivity index (χ0n) is 23.1. The molecule has 2 fully saturated rings. The van der Waals surface area contributed by atoms with Gasteiger partial charge in [-0.3, -0.25) is 14.4 Å². The van der Waals surface area contributed by atoms with Crippen molar-refractivity contribution in [3.8, 4) is 22.2 Å². The number of benzene rings is 1. The molecule has 40 heavy (non-hydrogen) atoms. The highest BCUT2D eigenvalue weighted by Crippen LogP contribution is 2.39. The number of hydrogen-bond acceptors (Lipinski definition) is 8. The van der Waals surface area contributed by atoms with Crippen LogP contribution in [0.3, 0.4) is 0 Å². The number of hydrogen-bond donors (Lipinski definition) is 2. The van der Waals surface area contributed by atoms with Crippen LogP contribution >= 0.6 is 11.3 Å². The molecule has 3 aromatic rings. The summed E-state index contributed by atoms with van der Waals surface area (Å²) in [5.41, 5.74) is 1.50. The average molecular weight is 564 g/mol. The largest absolute Gasteiger partial charge is 0.443 e. The monoisotopic (exact) mass is 563 g/mol. The Kier molecular flexibility index (Phi) is 9.06. The molecule has 3 heterocycles. The summed E-state index contributed by atoms with van der Waals surface area (Å²) in [6, 6.07) is 8.74. The third-order valence-corrected chi connectivity index (χ3v) is 9.20. The average Bonchev–Trinajstić information content (AvgIpc) is 3.77. The van der Waals surface area contributed by atoms with E-state index in [0.29, 0.717) is 34.6 Å². The Morgan fingerprint density at radius 1 is 1.10 bits per heavy atom.